The van der Waals surface area contributed by atoms with Crippen LogP contribution in [0, 0.1) is 0 Å². The molecule has 1 saturated heterocycles. The van der Waals surface area contributed by atoms with Crippen LogP contribution in [0.3, 0.4) is 0 Å². The molecule has 116 valence electrons. The molecule has 1 heterocycles. The maximum atomic E-state index is 11.8. The van der Waals surface area contributed by atoms with Gasteiger partial charge in [-0.2, -0.15) is 5.10 Å². The maximum absolute atomic E-state index is 11.8. The molecule has 5 N–H and O–H groups in total. The van der Waals surface area contributed by atoms with Crippen molar-refractivity contribution in [2.45, 2.75) is 11.8 Å². The van der Waals surface area contributed by atoms with E-state index in [4.69, 9.17) is 5.73 Å². The van der Waals surface area contributed by atoms with Gasteiger partial charge >= 0.3 is 35.6 Å². The van der Waals surface area contributed by atoms with E-state index >= 15 is 0 Å². The third-order valence-corrected chi connectivity index (χ3v) is 4.14. The summed E-state index contributed by atoms with van der Waals surface area (Å²) in [7, 11) is -3.10. The van der Waals surface area contributed by atoms with E-state index in [-0.39, 0.29) is 47.2 Å². The minimum atomic E-state index is -4.52. The van der Waals surface area contributed by atoms with Crippen LogP contribution >= 0.6 is 0 Å². The molecule has 22 heavy (non-hydrogen) atoms. The summed E-state index contributed by atoms with van der Waals surface area (Å²) < 4.78 is 33.4. The molecule has 2 aliphatic rings. The van der Waals surface area contributed by atoms with Gasteiger partial charge in [0.1, 0.15) is 21.2 Å². The summed E-state index contributed by atoms with van der Waals surface area (Å²) in [5.74, 6) is -0.520. The molecule has 0 spiro atoms. The van der Waals surface area contributed by atoms with Gasteiger partial charge in [-0.3, -0.25) is 4.79 Å². The van der Waals surface area contributed by atoms with E-state index in [0.29, 0.717) is 11.3 Å². The standard InChI is InChI=1S/C10H12N4O5S.Na.H2O/c1-14-7-4-8(15)6(12-13-10(11)16)2-5(7)3-9(14)20(17,18)19;;/h2,4,9H,3H2,1H3,(H3,11,13,16)(H,17,18,19);;1H2/q;+1;/p-1/b12-6+;;. The number of amides is 2. The molecule has 1 atom stereocenters. The minimum absolute atomic E-state index is 0. The summed E-state index contributed by atoms with van der Waals surface area (Å²) in [4.78, 5) is 23.5. The SMILES string of the molecule is CN1C2=CC(=O)/C(=N/NC(N)=O)C=C2CC1S(=O)(=O)[O-].O.[Na+]. The van der Waals surface area contributed by atoms with Gasteiger partial charge in [-0.1, -0.05) is 0 Å². The van der Waals surface area contributed by atoms with Gasteiger partial charge in [-0.25, -0.2) is 18.6 Å². The summed E-state index contributed by atoms with van der Waals surface area (Å²) in [5, 5.41) is 2.26. The molecular weight excluding hydrogens is 327 g/mol. The van der Waals surface area contributed by atoms with Crippen molar-refractivity contribution in [3.05, 3.63) is 23.4 Å². The number of carbonyl (C=O) groups is 2. The molecule has 1 aliphatic carbocycles. The van der Waals surface area contributed by atoms with Crippen molar-refractivity contribution < 1.29 is 57.6 Å². The molecule has 0 bridgehead atoms. The number of nitrogens with zero attached hydrogens (tertiary/aromatic N) is 2. The van der Waals surface area contributed by atoms with Crippen molar-refractivity contribution in [3.8, 4) is 0 Å². The van der Waals surface area contributed by atoms with Crippen molar-refractivity contribution in [1.29, 1.82) is 0 Å². The third-order valence-electron chi connectivity index (χ3n) is 2.99. The molecule has 1 fully saturated rings. The smallest absolute Gasteiger partial charge is 0.746 e. The second-order valence-electron chi connectivity index (χ2n) is 4.30. The molecule has 0 radical (unpaired) electrons. The van der Waals surface area contributed by atoms with Crippen molar-refractivity contribution >= 4 is 27.6 Å². The zero-order chi connectivity index (χ0) is 15.1. The number of carbonyl (C=O) groups excluding carboxylic acids is 2. The van der Waals surface area contributed by atoms with Gasteiger partial charge in [-0.15, -0.1) is 0 Å². The fraction of sp³-hybridized carbons (Fsp3) is 0.300. The van der Waals surface area contributed by atoms with E-state index < -0.39 is 27.3 Å². The van der Waals surface area contributed by atoms with Crippen molar-refractivity contribution in [2.24, 2.45) is 10.8 Å². The second-order valence-corrected chi connectivity index (χ2v) is 5.83. The number of nitrogens with one attached hydrogen (secondary N) is 1. The normalized spacial score (nSPS) is 22.1. The molecule has 0 aromatic carbocycles. The fourth-order valence-electron chi connectivity index (χ4n) is 2.07. The largest absolute Gasteiger partial charge is 1.00 e. The van der Waals surface area contributed by atoms with Crippen LogP contribution in [-0.2, 0) is 14.9 Å². The molecular formula is C10H13N4NaO6S. The number of urea groups is 1. The number of hydrogen-bond acceptors (Lipinski definition) is 7. The van der Waals surface area contributed by atoms with Crippen molar-refractivity contribution in [1.82, 2.24) is 10.3 Å². The predicted octanol–water partition coefficient (Wildman–Crippen LogP) is -5.21. The predicted molar refractivity (Wildman–Crippen MR) is 70.8 cm³/mol. The molecule has 2 amide bonds. The number of ketones is 1. The zero-order valence-electron chi connectivity index (χ0n) is 11.9. The number of hydrazone groups is 1. The number of nitrogens with two attached hydrogens (primary N) is 1. The molecule has 12 heteroatoms. The summed E-state index contributed by atoms with van der Waals surface area (Å²) >= 11 is 0. The van der Waals surface area contributed by atoms with E-state index in [9.17, 15) is 22.6 Å². The average molecular weight is 340 g/mol. The number of rotatable bonds is 2. The number of allylic oxidation sites excluding steroid dienone is 3. The van der Waals surface area contributed by atoms with Crippen molar-refractivity contribution in [3.63, 3.8) is 0 Å². The Kier molecular flexibility index (Phi) is 6.94. The van der Waals surface area contributed by atoms with E-state index in [1.165, 1.54) is 24.1 Å². The van der Waals surface area contributed by atoms with E-state index in [0.717, 1.165) is 0 Å². The summed E-state index contributed by atoms with van der Waals surface area (Å²) in [6, 6.07) is -0.929. The Morgan fingerprint density at radius 1 is 1.50 bits per heavy atom. The van der Waals surface area contributed by atoms with Crippen LogP contribution < -0.4 is 40.7 Å². The number of primary amides is 1. The summed E-state index contributed by atoms with van der Waals surface area (Å²) in [6.45, 7) is 0. The number of fused-ring (bicyclic) bond motifs is 1. The Balaban J connectivity index is 0.00000220. The quantitative estimate of drug-likeness (QED) is 0.219. The van der Waals surface area contributed by atoms with Gasteiger partial charge in [0.15, 0.2) is 0 Å². The number of likely N-dealkylation sites (N-methyl/N-ethyl adjacent to an activating group) is 1. The first kappa shape index (κ1) is 20.8. The third kappa shape index (κ3) is 4.15. The van der Waals surface area contributed by atoms with Gasteiger partial charge in [0, 0.05) is 25.2 Å². The number of likely N-dealkylation sites (tertiary alicyclic amines) is 1. The topological polar surface area (TPSA) is 176 Å². The van der Waals surface area contributed by atoms with Crippen LogP contribution in [0.5, 0.6) is 0 Å². The summed E-state index contributed by atoms with van der Waals surface area (Å²) in [6.07, 6.45) is 2.45. The van der Waals surface area contributed by atoms with E-state index in [1.807, 2.05) is 5.43 Å². The van der Waals surface area contributed by atoms with Crippen LogP contribution in [0.4, 0.5) is 4.79 Å². The monoisotopic (exact) mass is 340 g/mol. The van der Waals surface area contributed by atoms with Crippen LogP contribution in [0.1, 0.15) is 6.42 Å². The molecule has 1 unspecified atom stereocenters. The Morgan fingerprint density at radius 2 is 2.09 bits per heavy atom. The molecule has 0 aromatic heterocycles. The van der Waals surface area contributed by atoms with E-state index in [1.54, 1.807) is 0 Å². The first-order valence-electron chi connectivity index (χ1n) is 5.48. The van der Waals surface area contributed by atoms with Gasteiger partial charge in [-0.05, 0) is 11.6 Å². The molecule has 1 aliphatic heterocycles. The van der Waals surface area contributed by atoms with Gasteiger partial charge in [0.2, 0.25) is 5.78 Å². The number of hydrogen-bond donors (Lipinski definition) is 2. The van der Waals surface area contributed by atoms with Crippen LogP contribution in [-0.4, -0.2) is 53.3 Å². The first-order valence-corrected chi connectivity index (χ1v) is 6.95. The van der Waals surface area contributed by atoms with Gasteiger partial charge in [0.25, 0.3) is 0 Å². The van der Waals surface area contributed by atoms with Crippen LogP contribution in [0.2, 0.25) is 0 Å². The summed E-state index contributed by atoms with van der Waals surface area (Å²) in [5.41, 5.74) is 7.51. The first-order chi connectivity index (χ1) is 9.20. The Labute approximate surface area is 148 Å². The molecule has 0 aromatic rings. The van der Waals surface area contributed by atoms with Crippen molar-refractivity contribution in [2.75, 3.05) is 7.05 Å². The Hall–Kier alpha value is -1.24. The maximum Gasteiger partial charge on any atom is 1.00 e. The van der Waals surface area contributed by atoms with Gasteiger partial charge in [0.05, 0.1) is 0 Å². The Bertz CT molecular complexity index is 684. The average Bonchev–Trinajstić information content (AvgIpc) is 2.63. The van der Waals surface area contributed by atoms with Gasteiger partial charge < -0.3 is 20.7 Å². The van der Waals surface area contributed by atoms with Crippen LogP contribution in [0.25, 0.3) is 0 Å². The van der Waals surface area contributed by atoms with Crippen LogP contribution in [0.15, 0.2) is 28.5 Å². The fourth-order valence-corrected chi connectivity index (χ4v) is 2.96. The Morgan fingerprint density at radius 3 is 2.59 bits per heavy atom. The molecule has 2 rings (SSSR count). The zero-order valence-corrected chi connectivity index (χ0v) is 14.7. The second kappa shape index (κ2) is 7.35. The van der Waals surface area contributed by atoms with E-state index in [2.05, 4.69) is 5.10 Å². The molecule has 10 nitrogen and oxygen atoms in total. The molecule has 0 saturated carbocycles. The minimum Gasteiger partial charge on any atom is -0.746 e.